The number of carboxylic acid groups (broad SMARTS) is 1. The maximum Gasteiger partial charge on any atom is 0.326 e. The van der Waals surface area contributed by atoms with Crippen LogP contribution in [0.3, 0.4) is 0 Å². The van der Waals surface area contributed by atoms with Crippen molar-refractivity contribution >= 4 is 48.9 Å². The number of hydrogen-bond donors (Lipinski definition) is 8. The van der Waals surface area contributed by atoms with E-state index < -0.39 is 47.9 Å². The summed E-state index contributed by atoms with van der Waals surface area (Å²) in [7, 11) is 0. The molecule has 0 saturated heterocycles. The van der Waals surface area contributed by atoms with Crippen LogP contribution in [0.25, 0.3) is 0 Å². The summed E-state index contributed by atoms with van der Waals surface area (Å²) in [6, 6.07) is -4.17. The van der Waals surface area contributed by atoms with Crippen molar-refractivity contribution in [1.82, 2.24) is 25.9 Å². The van der Waals surface area contributed by atoms with Gasteiger partial charge in [0.2, 0.25) is 17.7 Å². The molecule has 5 atom stereocenters. The number of nitrogens with one attached hydrogen (secondary N) is 4. The lowest BCUT2D eigenvalue weighted by Gasteiger charge is -2.25. The van der Waals surface area contributed by atoms with Crippen LogP contribution in [0.1, 0.15) is 26.0 Å². The van der Waals surface area contributed by atoms with Crippen molar-refractivity contribution in [3.8, 4) is 0 Å². The van der Waals surface area contributed by atoms with Crippen molar-refractivity contribution in [1.29, 1.82) is 0 Å². The molecule has 0 spiro atoms. The molecule has 0 radical (unpaired) electrons. The molecule has 1 aromatic rings. The molecule has 1 aromatic heterocycles. The third kappa shape index (κ3) is 8.42. The summed E-state index contributed by atoms with van der Waals surface area (Å²) < 4.78 is 0. The average molecular weight is 475 g/mol. The average Bonchev–Trinajstić information content (AvgIpc) is 3.25. The zero-order valence-corrected chi connectivity index (χ0v) is 19.2. The molecular weight excluding hydrogens is 444 g/mol. The Balaban J connectivity index is 2.71. The monoisotopic (exact) mass is 474 g/mol. The molecule has 31 heavy (non-hydrogen) atoms. The van der Waals surface area contributed by atoms with Crippen molar-refractivity contribution in [2.75, 3.05) is 11.5 Å². The molecule has 0 aliphatic carbocycles. The first kappa shape index (κ1) is 26.8. The van der Waals surface area contributed by atoms with Crippen LogP contribution in [0.5, 0.6) is 0 Å². The van der Waals surface area contributed by atoms with E-state index >= 15 is 0 Å². The fraction of sp³-hybridized carbons (Fsp3) is 0.611. The predicted octanol–water partition coefficient (Wildman–Crippen LogP) is -1.28. The molecule has 7 N–H and O–H groups in total. The van der Waals surface area contributed by atoms with Gasteiger partial charge in [0.1, 0.15) is 18.1 Å². The van der Waals surface area contributed by atoms with E-state index in [1.165, 1.54) is 12.5 Å². The van der Waals surface area contributed by atoms with Crippen LogP contribution in [0.2, 0.25) is 0 Å². The maximum atomic E-state index is 12.6. The van der Waals surface area contributed by atoms with Gasteiger partial charge in [-0.1, -0.05) is 20.3 Å². The van der Waals surface area contributed by atoms with Crippen LogP contribution in [0.4, 0.5) is 0 Å². The van der Waals surface area contributed by atoms with Gasteiger partial charge in [-0.25, -0.2) is 9.78 Å². The second kappa shape index (κ2) is 13.2. The molecule has 0 aromatic carbocycles. The lowest BCUT2D eigenvalue weighted by molar-refractivity contribution is -0.143. The zero-order chi connectivity index (χ0) is 23.6. The fourth-order valence-electron chi connectivity index (χ4n) is 2.60. The van der Waals surface area contributed by atoms with Gasteiger partial charge in [-0.05, 0) is 5.92 Å². The van der Waals surface area contributed by atoms with Crippen LogP contribution in [-0.4, -0.2) is 74.4 Å². The molecule has 3 amide bonds. The third-order valence-electron chi connectivity index (χ3n) is 4.74. The van der Waals surface area contributed by atoms with Gasteiger partial charge in [-0.3, -0.25) is 14.4 Å². The molecule has 13 heteroatoms. The van der Waals surface area contributed by atoms with Gasteiger partial charge < -0.3 is 31.8 Å². The van der Waals surface area contributed by atoms with Gasteiger partial charge in [0, 0.05) is 29.8 Å². The molecule has 0 aliphatic heterocycles. The summed E-state index contributed by atoms with van der Waals surface area (Å²) in [6.07, 6.45) is 3.74. The van der Waals surface area contributed by atoms with Gasteiger partial charge in [-0.2, -0.15) is 25.3 Å². The quantitative estimate of drug-likeness (QED) is 0.164. The van der Waals surface area contributed by atoms with Crippen LogP contribution in [0, 0.1) is 5.92 Å². The number of nitrogens with zero attached hydrogens (tertiary/aromatic N) is 1. The summed E-state index contributed by atoms with van der Waals surface area (Å²) in [5.74, 6) is -3.51. The molecular formula is C18H30N6O5S2. The molecule has 1 heterocycles. The highest BCUT2D eigenvalue weighted by molar-refractivity contribution is 7.80. The smallest absolute Gasteiger partial charge is 0.326 e. The highest BCUT2D eigenvalue weighted by Gasteiger charge is 2.31. The Hall–Kier alpha value is -2.25. The Labute approximate surface area is 191 Å². The Morgan fingerprint density at radius 2 is 1.65 bits per heavy atom. The summed E-state index contributed by atoms with van der Waals surface area (Å²) in [5.41, 5.74) is 6.53. The van der Waals surface area contributed by atoms with E-state index in [4.69, 9.17) is 5.73 Å². The van der Waals surface area contributed by atoms with Crippen LogP contribution < -0.4 is 21.7 Å². The Morgan fingerprint density at radius 1 is 1.10 bits per heavy atom. The molecule has 1 rings (SSSR count). The molecule has 0 aliphatic rings. The Bertz CT molecular complexity index is 748. The summed E-state index contributed by atoms with van der Waals surface area (Å²) in [5, 5.41) is 16.7. The van der Waals surface area contributed by atoms with Gasteiger partial charge in [-0.15, -0.1) is 0 Å². The fourth-order valence-corrected chi connectivity index (χ4v) is 3.12. The van der Waals surface area contributed by atoms with Gasteiger partial charge in [0.15, 0.2) is 0 Å². The second-order valence-corrected chi connectivity index (χ2v) is 7.82. The number of aromatic nitrogens is 2. The van der Waals surface area contributed by atoms with Crippen molar-refractivity contribution in [3.05, 3.63) is 18.2 Å². The standard InChI is InChI=1S/C18H30N6O5S2/c1-3-9(2)14(18(28)29)24-17(27)13(7-31)23-16(26)12(6-30)22-15(25)11(19)4-10-5-20-8-21-10/h5,8-9,11-14,30-31H,3-4,6-7,19H2,1-2H3,(H,20,21)(H,22,25)(H,23,26)(H,24,27)(H,28,29). The Kier molecular flexibility index (Phi) is 11.4. The van der Waals surface area contributed by atoms with Crippen molar-refractivity contribution < 1.29 is 24.3 Å². The van der Waals surface area contributed by atoms with E-state index in [0.29, 0.717) is 12.1 Å². The minimum atomic E-state index is -1.17. The van der Waals surface area contributed by atoms with Crippen molar-refractivity contribution in [2.45, 2.75) is 50.9 Å². The normalized spacial score (nSPS) is 15.8. The predicted molar refractivity (Wildman–Crippen MR) is 121 cm³/mol. The SMILES string of the molecule is CCC(C)C(NC(=O)C(CS)NC(=O)C(CS)NC(=O)C(N)Cc1cnc[nH]1)C(=O)O. The number of rotatable bonds is 13. The number of carboxylic acids is 1. The van der Waals surface area contributed by atoms with Crippen LogP contribution in [0.15, 0.2) is 12.5 Å². The van der Waals surface area contributed by atoms with E-state index in [1.54, 1.807) is 6.92 Å². The van der Waals surface area contributed by atoms with E-state index in [0.717, 1.165) is 0 Å². The van der Waals surface area contributed by atoms with Crippen LogP contribution >= 0.6 is 25.3 Å². The molecule has 11 nitrogen and oxygen atoms in total. The number of imidazole rings is 1. The first-order chi connectivity index (χ1) is 14.6. The largest absolute Gasteiger partial charge is 0.480 e. The lowest BCUT2D eigenvalue weighted by Crippen LogP contribution is -2.58. The second-order valence-electron chi connectivity index (χ2n) is 7.08. The van der Waals surface area contributed by atoms with E-state index in [-0.39, 0.29) is 23.8 Å². The number of H-pyrrole nitrogens is 1. The van der Waals surface area contributed by atoms with Gasteiger partial charge >= 0.3 is 5.97 Å². The first-order valence-corrected chi connectivity index (χ1v) is 11.0. The molecule has 174 valence electrons. The number of carbonyl (C=O) groups is 4. The Morgan fingerprint density at radius 3 is 2.10 bits per heavy atom. The van der Waals surface area contributed by atoms with Gasteiger partial charge in [0.05, 0.1) is 12.4 Å². The first-order valence-electron chi connectivity index (χ1n) is 9.72. The molecule has 0 bridgehead atoms. The number of aliphatic carboxylic acids is 1. The van der Waals surface area contributed by atoms with E-state index in [9.17, 15) is 24.3 Å². The zero-order valence-electron chi connectivity index (χ0n) is 17.4. The number of hydrogen-bond acceptors (Lipinski definition) is 8. The number of carbonyl (C=O) groups excluding carboxylic acids is 3. The van der Waals surface area contributed by atoms with Crippen molar-refractivity contribution in [3.63, 3.8) is 0 Å². The van der Waals surface area contributed by atoms with Crippen molar-refractivity contribution in [2.24, 2.45) is 11.7 Å². The minimum absolute atomic E-state index is 0.0418. The minimum Gasteiger partial charge on any atom is -0.480 e. The molecule has 0 saturated carbocycles. The molecule has 5 unspecified atom stereocenters. The summed E-state index contributed by atoms with van der Waals surface area (Å²) >= 11 is 8.15. The van der Waals surface area contributed by atoms with E-state index in [2.05, 4.69) is 51.2 Å². The number of aromatic amines is 1. The summed E-state index contributed by atoms with van der Waals surface area (Å²) in [6.45, 7) is 3.51. The summed E-state index contributed by atoms with van der Waals surface area (Å²) in [4.78, 5) is 55.5. The highest BCUT2D eigenvalue weighted by Crippen LogP contribution is 2.08. The van der Waals surface area contributed by atoms with Crippen LogP contribution in [-0.2, 0) is 25.6 Å². The molecule has 0 fully saturated rings. The number of amides is 3. The lowest BCUT2D eigenvalue weighted by atomic mass is 9.99. The number of thiol groups is 2. The van der Waals surface area contributed by atoms with Gasteiger partial charge in [0.25, 0.3) is 0 Å². The maximum absolute atomic E-state index is 12.6. The van der Waals surface area contributed by atoms with E-state index in [1.807, 2.05) is 6.92 Å². The third-order valence-corrected chi connectivity index (χ3v) is 5.47. The highest BCUT2D eigenvalue weighted by atomic mass is 32.1. The number of nitrogens with two attached hydrogens (primary N) is 1. The topological polar surface area (TPSA) is 179 Å².